The van der Waals surface area contributed by atoms with Crippen LogP contribution in [0, 0.1) is 13.8 Å². The first kappa shape index (κ1) is 13.5. The summed E-state index contributed by atoms with van der Waals surface area (Å²) in [6.07, 6.45) is -2.65. The highest BCUT2D eigenvalue weighted by molar-refractivity contribution is 5.49. The van der Waals surface area contributed by atoms with E-state index < -0.39 is 11.7 Å². The van der Waals surface area contributed by atoms with Crippen LogP contribution in [0.1, 0.15) is 16.8 Å². The topological polar surface area (TPSA) is 29.9 Å². The minimum atomic E-state index is -4.35. The lowest BCUT2D eigenvalue weighted by atomic mass is 10.1. The SMILES string of the molecule is CNc1nc(C)cn1-c1cc(C(F)(F)F)ccc1C. The fourth-order valence-electron chi connectivity index (χ4n) is 1.90. The molecule has 0 aliphatic heterocycles. The maximum atomic E-state index is 12.8. The second kappa shape index (κ2) is 4.60. The molecule has 1 heterocycles. The monoisotopic (exact) mass is 269 g/mol. The quantitative estimate of drug-likeness (QED) is 0.903. The van der Waals surface area contributed by atoms with Gasteiger partial charge in [0, 0.05) is 13.2 Å². The molecule has 0 radical (unpaired) electrons. The number of benzene rings is 1. The molecule has 0 aliphatic carbocycles. The zero-order valence-electron chi connectivity index (χ0n) is 10.8. The van der Waals surface area contributed by atoms with Gasteiger partial charge in [0.25, 0.3) is 0 Å². The Balaban J connectivity index is 2.61. The summed E-state index contributed by atoms with van der Waals surface area (Å²) in [5.74, 6) is 0.514. The summed E-state index contributed by atoms with van der Waals surface area (Å²) in [5.41, 5.74) is 1.30. The Labute approximate surface area is 109 Å². The first-order valence-corrected chi connectivity index (χ1v) is 5.75. The molecule has 6 heteroatoms. The highest BCUT2D eigenvalue weighted by atomic mass is 19.4. The van der Waals surface area contributed by atoms with E-state index in [1.807, 2.05) is 0 Å². The molecule has 0 atom stereocenters. The first-order valence-electron chi connectivity index (χ1n) is 5.75. The van der Waals surface area contributed by atoms with Gasteiger partial charge < -0.3 is 5.32 Å². The van der Waals surface area contributed by atoms with Crippen LogP contribution < -0.4 is 5.32 Å². The fraction of sp³-hybridized carbons (Fsp3) is 0.308. The minimum absolute atomic E-state index is 0.472. The van der Waals surface area contributed by atoms with Crippen molar-refractivity contribution in [3.05, 3.63) is 41.2 Å². The van der Waals surface area contributed by atoms with Crippen LogP contribution in [-0.4, -0.2) is 16.6 Å². The number of imidazole rings is 1. The predicted molar refractivity (Wildman–Crippen MR) is 67.6 cm³/mol. The molecule has 19 heavy (non-hydrogen) atoms. The van der Waals surface area contributed by atoms with Gasteiger partial charge in [-0.1, -0.05) is 6.07 Å². The summed E-state index contributed by atoms with van der Waals surface area (Å²) in [6.45, 7) is 3.56. The van der Waals surface area contributed by atoms with E-state index in [0.717, 1.165) is 23.4 Å². The molecular formula is C13H14F3N3. The van der Waals surface area contributed by atoms with E-state index in [2.05, 4.69) is 10.3 Å². The zero-order valence-corrected chi connectivity index (χ0v) is 10.8. The summed E-state index contributed by atoms with van der Waals surface area (Å²) < 4.78 is 39.9. The number of nitrogens with one attached hydrogen (secondary N) is 1. The molecule has 3 nitrogen and oxygen atoms in total. The number of alkyl halides is 3. The van der Waals surface area contributed by atoms with E-state index >= 15 is 0 Å². The average molecular weight is 269 g/mol. The van der Waals surface area contributed by atoms with E-state index in [0.29, 0.717) is 11.6 Å². The van der Waals surface area contributed by atoms with Crippen LogP contribution in [0.4, 0.5) is 19.1 Å². The van der Waals surface area contributed by atoms with Crippen LogP contribution >= 0.6 is 0 Å². The molecule has 2 aromatic rings. The number of aryl methyl sites for hydroxylation is 2. The molecule has 0 fully saturated rings. The predicted octanol–water partition coefficient (Wildman–Crippen LogP) is 3.55. The van der Waals surface area contributed by atoms with Crippen LogP contribution in [0.25, 0.3) is 5.69 Å². The van der Waals surface area contributed by atoms with Gasteiger partial charge in [-0.3, -0.25) is 4.57 Å². The summed E-state index contributed by atoms with van der Waals surface area (Å²) in [4.78, 5) is 4.21. The lowest BCUT2D eigenvalue weighted by Crippen LogP contribution is -2.08. The Hall–Kier alpha value is -1.98. The highest BCUT2D eigenvalue weighted by Crippen LogP contribution is 2.32. The van der Waals surface area contributed by atoms with Crippen molar-refractivity contribution in [2.45, 2.75) is 20.0 Å². The average Bonchev–Trinajstić information content (AvgIpc) is 2.69. The Morgan fingerprint density at radius 3 is 2.47 bits per heavy atom. The first-order chi connectivity index (χ1) is 8.82. The summed E-state index contributed by atoms with van der Waals surface area (Å²) in [5, 5.41) is 2.87. The fourth-order valence-corrected chi connectivity index (χ4v) is 1.90. The molecular weight excluding hydrogens is 255 g/mol. The van der Waals surface area contributed by atoms with Crippen LogP contribution in [0.15, 0.2) is 24.4 Å². The van der Waals surface area contributed by atoms with Gasteiger partial charge in [-0.05, 0) is 31.5 Å². The number of nitrogens with zero attached hydrogens (tertiary/aromatic N) is 2. The molecule has 1 aromatic carbocycles. The molecule has 0 bridgehead atoms. The van der Waals surface area contributed by atoms with Gasteiger partial charge in [0.05, 0.1) is 16.9 Å². The van der Waals surface area contributed by atoms with Gasteiger partial charge in [-0.2, -0.15) is 13.2 Å². The summed E-state index contributed by atoms with van der Waals surface area (Å²) >= 11 is 0. The van der Waals surface area contributed by atoms with E-state index in [9.17, 15) is 13.2 Å². The second-order valence-electron chi connectivity index (χ2n) is 4.32. The number of aromatic nitrogens is 2. The van der Waals surface area contributed by atoms with E-state index in [4.69, 9.17) is 0 Å². The van der Waals surface area contributed by atoms with Crippen molar-refractivity contribution in [1.29, 1.82) is 0 Å². The molecule has 0 aliphatic rings. The van der Waals surface area contributed by atoms with Crippen molar-refractivity contribution in [2.75, 3.05) is 12.4 Å². The number of hydrogen-bond acceptors (Lipinski definition) is 2. The van der Waals surface area contributed by atoms with Gasteiger partial charge in [-0.15, -0.1) is 0 Å². The molecule has 0 spiro atoms. The standard InChI is InChI=1S/C13H14F3N3/c1-8-4-5-10(13(14,15)16)6-11(8)19-7-9(2)18-12(19)17-3/h4-7H,1-3H3,(H,17,18). The Kier molecular flexibility index (Phi) is 3.26. The Morgan fingerprint density at radius 2 is 1.89 bits per heavy atom. The molecule has 1 aromatic heterocycles. The van der Waals surface area contributed by atoms with Gasteiger partial charge in [0.2, 0.25) is 5.95 Å². The second-order valence-corrected chi connectivity index (χ2v) is 4.32. The van der Waals surface area contributed by atoms with Gasteiger partial charge in [-0.25, -0.2) is 4.98 Å². The van der Waals surface area contributed by atoms with Crippen molar-refractivity contribution in [1.82, 2.24) is 9.55 Å². The van der Waals surface area contributed by atoms with E-state index in [1.54, 1.807) is 31.7 Å². The maximum absolute atomic E-state index is 12.8. The normalized spacial score (nSPS) is 11.7. The minimum Gasteiger partial charge on any atom is -0.358 e. The molecule has 102 valence electrons. The smallest absolute Gasteiger partial charge is 0.358 e. The maximum Gasteiger partial charge on any atom is 0.416 e. The lowest BCUT2D eigenvalue weighted by Gasteiger charge is -2.13. The van der Waals surface area contributed by atoms with E-state index in [1.165, 1.54) is 6.07 Å². The number of rotatable bonds is 2. The third kappa shape index (κ3) is 2.57. The summed E-state index contributed by atoms with van der Waals surface area (Å²) in [6, 6.07) is 3.69. The molecule has 2 rings (SSSR count). The van der Waals surface area contributed by atoms with Crippen LogP contribution in [0.2, 0.25) is 0 Å². The van der Waals surface area contributed by atoms with Crippen molar-refractivity contribution >= 4 is 5.95 Å². The van der Waals surface area contributed by atoms with Gasteiger partial charge >= 0.3 is 6.18 Å². The molecule has 0 unspecified atom stereocenters. The van der Waals surface area contributed by atoms with Crippen molar-refractivity contribution in [3.63, 3.8) is 0 Å². The van der Waals surface area contributed by atoms with Crippen molar-refractivity contribution in [3.8, 4) is 5.69 Å². The summed E-state index contributed by atoms with van der Waals surface area (Å²) in [7, 11) is 1.68. The van der Waals surface area contributed by atoms with Crippen molar-refractivity contribution in [2.24, 2.45) is 0 Å². The molecule has 1 N–H and O–H groups in total. The third-order valence-corrected chi connectivity index (χ3v) is 2.85. The number of halogens is 3. The largest absolute Gasteiger partial charge is 0.416 e. The van der Waals surface area contributed by atoms with Gasteiger partial charge in [0.1, 0.15) is 0 Å². The van der Waals surface area contributed by atoms with Crippen molar-refractivity contribution < 1.29 is 13.2 Å². The Morgan fingerprint density at radius 1 is 1.21 bits per heavy atom. The van der Waals surface area contributed by atoms with Crippen LogP contribution in [-0.2, 0) is 6.18 Å². The van der Waals surface area contributed by atoms with Crippen LogP contribution in [0.5, 0.6) is 0 Å². The molecule has 0 amide bonds. The van der Waals surface area contributed by atoms with Gasteiger partial charge in [0.15, 0.2) is 0 Å². The number of anilines is 1. The lowest BCUT2D eigenvalue weighted by molar-refractivity contribution is -0.137. The van der Waals surface area contributed by atoms with E-state index in [-0.39, 0.29) is 0 Å². The van der Waals surface area contributed by atoms with Crippen LogP contribution in [0.3, 0.4) is 0 Å². The number of hydrogen-bond donors (Lipinski definition) is 1. The zero-order chi connectivity index (χ0) is 14.2. The highest BCUT2D eigenvalue weighted by Gasteiger charge is 2.31. The Bertz CT molecular complexity index is 600. The molecule has 0 saturated carbocycles. The molecule has 0 saturated heterocycles. The third-order valence-electron chi connectivity index (χ3n) is 2.85.